The second-order valence-corrected chi connectivity index (χ2v) is 7.35. The molecule has 1 aromatic carbocycles. The van der Waals surface area contributed by atoms with Crippen molar-refractivity contribution in [2.75, 3.05) is 44.7 Å². The SMILES string of the molecule is CN=C(NCCN1c2ccccc2CC1C)NC1CCN(CC(F)(F)F)C1. The molecule has 1 fully saturated rings. The molecule has 2 aliphatic heterocycles. The Balaban J connectivity index is 1.44. The summed E-state index contributed by atoms with van der Waals surface area (Å²) in [5.41, 5.74) is 2.66. The van der Waals surface area contributed by atoms with Crippen molar-refractivity contribution >= 4 is 11.6 Å². The first-order valence-corrected chi connectivity index (χ1v) is 9.46. The lowest BCUT2D eigenvalue weighted by molar-refractivity contribution is -0.143. The van der Waals surface area contributed by atoms with Crippen molar-refractivity contribution in [1.29, 1.82) is 0 Å². The zero-order valence-electron chi connectivity index (χ0n) is 15.9. The Morgan fingerprint density at radius 3 is 2.81 bits per heavy atom. The Morgan fingerprint density at radius 1 is 1.30 bits per heavy atom. The minimum atomic E-state index is -4.14. The zero-order chi connectivity index (χ0) is 19.4. The molecule has 0 saturated carbocycles. The quantitative estimate of drug-likeness (QED) is 0.605. The van der Waals surface area contributed by atoms with E-state index in [-0.39, 0.29) is 6.04 Å². The molecule has 1 saturated heterocycles. The highest BCUT2D eigenvalue weighted by Crippen LogP contribution is 2.31. The molecule has 27 heavy (non-hydrogen) atoms. The molecule has 8 heteroatoms. The molecule has 2 unspecified atom stereocenters. The Hall–Kier alpha value is -1.96. The molecule has 0 radical (unpaired) electrons. The molecule has 0 bridgehead atoms. The number of anilines is 1. The van der Waals surface area contributed by atoms with Gasteiger partial charge in [0.2, 0.25) is 0 Å². The van der Waals surface area contributed by atoms with Gasteiger partial charge in [0, 0.05) is 51.0 Å². The minimum absolute atomic E-state index is 0.00927. The second-order valence-electron chi connectivity index (χ2n) is 7.35. The molecule has 5 nitrogen and oxygen atoms in total. The Labute approximate surface area is 158 Å². The lowest BCUT2D eigenvalue weighted by Crippen LogP contribution is -2.47. The molecule has 2 atom stereocenters. The highest BCUT2D eigenvalue weighted by Gasteiger charge is 2.34. The topological polar surface area (TPSA) is 42.9 Å². The number of likely N-dealkylation sites (tertiary alicyclic amines) is 1. The number of hydrogen-bond donors (Lipinski definition) is 2. The van der Waals surface area contributed by atoms with Crippen molar-refractivity contribution in [3.63, 3.8) is 0 Å². The van der Waals surface area contributed by atoms with Crippen LogP contribution in [0.5, 0.6) is 0 Å². The molecule has 0 aromatic heterocycles. The normalized spacial score (nSPS) is 23.6. The number of nitrogens with one attached hydrogen (secondary N) is 2. The smallest absolute Gasteiger partial charge is 0.367 e. The first-order chi connectivity index (χ1) is 12.9. The van der Waals surface area contributed by atoms with Crippen LogP contribution in [0.25, 0.3) is 0 Å². The van der Waals surface area contributed by atoms with E-state index in [1.807, 2.05) is 0 Å². The summed E-state index contributed by atoms with van der Waals surface area (Å²) in [6.45, 7) is 3.79. The van der Waals surface area contributed by atoms with E-state index in [4.69, 9.17) is 0 Å². The van der Waals surface area contributed by atoms with Gasteiger partial charge in [-0.3, -0.25) is 9.89 Å². The van der Waals surface area contributed by atoms with Crippen molar-refractivity contribution in [2.24, 2.45) is 4.99 Å². The molecule has 3 rings (SSSR count). The number of rotatable bonds is 5. The zero-order valence-corrected chi connectivity index (χ0v) is 15.9. The van der Waals surface area contributed by atoms with E-state index in [0.29, 0.717) is 31.5 Å². The molecule has 2 N–H and O–H groups in total. The minimum Gasteiger partial charge on any atom is -0.367 e. The maximum Gasteiger partial charge on any atom is 0.401 e. The van der Waals surface area contributed by atoms with Crippen LogP contribution in [-0.4, -0.2) is 68.9 Å². The standard InChI is InChI=1S/C19H28F3N5/c1-14-11-15-5-3-4-6-17(15)27(14)10-8-24-18(23-2)25-16-7-9-26(12-16)13-19(20,21)22/h3-6,14,16H,7-13H2,1-2H3,(H2,23,24,25). The molecular formula is C19H28F3N5. The van der Waals surface area contributed by atoms with Gasteiger partial charge in [-0.1, -0.05) is 18.2 Å². The Bertz CT molecular complexity index is 661. The van der Waals surface area contributed by atoms with Gasteiger partial charge in [-0.15, -0.1) is 0 Å². The number of aliphatic imine (C=N–C) groups is 1. The van der Waals surface area contributed by atoms with Gasteiger partial charge in [-0.05, 0) is 31.4 Å². The van der Waals surface area contributed by atoms with Crippen LogP contribution in [-0.2, 0) is 6.42 Å². The van der Waals surface area contributed by atoms with Crippen molar-refractivity contribution < 1.29 is 13.2 Å². The maximum absolute atomic E-state index is 12.5. The van der Waals surface area contributed by atoms with Crippen LogP contribution < -0.4 is 15.5 Å². The fourth-order valence-corrected chi connectivity index (χ4v) is 4.00. The molecule has 2 aliphatic rings. The highest BCUT2D eigenvalue weighted by atomic mass is 19.4. The third kappa shape index (κ3) is 5.28. The summed E-state index contributed by atoms with van der Waals surface area (Å²) in [6, 6.07) is 8.91. The van der Waals surface area contributed by atoms with Crippen molar-refractivity contribution in [2.45, 2.75) is 38.0 Å². The molecule has 0 aliphatic carbocycles. The summed E-state index contributed by atoms with van der Waals surface area (Å²) >= 11 is 0. The number of fused-ring (bicyclic) bond motifs is 1. The van der Waals surface area contributed by atoms with Crippen LogP contribution in [0.3, 0.4) is 0 Å². The fourth-order valence-electron chi connectivity index (χ4n) is 4.00. The van der Waals surface area contributed by atoms with Crippen LogP contribution in [0.4, 0.5) is 18.9 Å². The van der Waals surface area contributed by atoms with Gasteiger partial charge in [-0.25, -0.2) is 0 Å². The van der Waals surface area contributed by atoms with Crippen molar-refractivity contribution in [3.05, 3.63) is 29.8 Å². The van der Waals surface area contributed by atoms with Gasteiger partial charge < -0.3 is 15.5 Å². The van der Waals surface area contributed by atoms with Gasteiger partial charge >= 0.3 is 6.18 Å². The van der Waals surface area contributed by atoms with Crippen LogP contribution in [0.1, 0.15) is 18.9 Å². The van der Waals surface area contributed by atoms with Crippen molar-refractivity contribution in [1.82, 2.24) is 15.5 Å². The Morgan fingerprint density at radius 2 is 2.07 bits per heavy atom. The lowest BCUT2D eigenvalue weighted by Gasteiger charge is -2.26. The van der Waals surface area contributed by atoms with Crippen molar-refractivity contribution in [3.8, 4) is 0 Å². The third-order valence-electron chi connectivity index (χ3n) is 5.23. The first-order valence-electron chi connectivity index (χ1n) is 9.46. The molecular weight excluding hydrogens is 355 g/mol. The summed E-state index contributed by atoms with van der Waals surface area (Å²) in [5, 5.41) is 6.54. The number of halogens is 3. The molecule has 1 aromatic rings. The van der Waals surface area contributed by atoms with Crippen LogP contribution in [0.2, 0.25) is 0 Å². The molecule has 2 heterocycles. The van der Waals surface area contributed by atoms with Crippen LogP contribution >= 0.6 is 0 Å². The summed E-state index contributed by atoms with van der Waals surface area (Å²) in [7, 11) is 1.69. The van der Waals surface area contributed by atoms with Gasteiger partial charge in [0.05, 0.1) is 6.54 Å². The highest BCUT2D eigenvalue weighted by molar-refractivity contribution is 5.80. The monoisotopic (exact) mass is 383 g/mol. The van der Waals surface area contributed by atoms with Gasteiger partial charge in [0.1, 0.15) is 0 Å². The number of alkyl halides is 3. The largest absolute Gasteiger partial charge is 0.401 e. The summed E-state index contributed by atoms with van der Waals surface area (Å²) in [6.07, 6.45) is -2.40. The van der Waals surface area contributed by atoms with E-state index in [9.17, 15) is 13.2 Å². The summed E-state index contributed by atoms with van der Waals surface area (Å²) < 4.78 is 37.5. The predicted molar refractivity (Wildman–Crippen MR) is 102 cm³/mol. The van der Waals surface area contributed by atoms with E-state index in [0.717, 1.165) is 19.5 Å². The average Bonchev–Trinajstić information content (AvgIpc) is 3.16. The number of guanidine groups is 1. The number of benzene rings is 1. The van der Waals surface area contributed by atoms with E-state index in [2.05, 4.69) is 51.7 Å². The molecule has 150 valence electrons. The molecule has 0 amide bonds. The predicted octanol–water partition coefficient (Wildman–Crippen LogP) is 2.24. The second kappa shape index (κ2) is 8.37. The fraction of sp³-hybridized carbons (Fsp3) is 0.632. The lowest BCUT2D eigenvalue weighted by atomic mass is 10.1. The first kappa shape index (κ1) is 19.8. The molecule has 0 spiro atoms. The number of nitrogens with zero attached hydrogens (tertiary/aromatic N) is 3. The third-order valence-corrected chi connectivity index (χ3v) is 5.23. The number of para-hydroxylation sites is 1. The van der Waals surface area contributed by atoms with Gasteiger partial charge in [-0.2, -0.15) is 13.2 Å². The summed E-state index contributed by atoms with van der Waals surface area (Å²) in [5.74, 6) is 0.647. The van der Waals surface area contributed by atoms with E-state index < -0.39 is 12.7 Å². The van der Waals surface area contributed by atoms with Crippen LogP contribution in [0, 0.1) is 0 Å². The Kier molecular flexibility index (Phi) is 6.14. The van der Waals surface area contributed by atoms with E-state index >= 15 is 0 Å². The average molecular weight is 383 g/mol. The van der Waals surface area contributed by atoms with Gasteiger partial charge in [0.25, 0.3) is 0 Å². The summed E-state index contributed by atoms with van der Waals surface area (Å²) in [4.78, 5) is 8.04. The van der Waals surface area contributed by atoms with E-state index in [1.165, 1.54) is 16.2 Å². The maximum atomic E-state index is 12.5. The van der Waals surface area contributed by atoms with E-state index in [1.54, 1.807) is 7.05 Å². The van der Waals surface area contributed by atoms with Crippen LogP contribution in [0.15, 0.2) is 29.3 Å². The van der Waals surface area contributed by atoms with Gasteiger partial charge in [0.15, 0.2) is 5.96 Å². The number of hydrogen-bond acceptors (Lipinski definition) is 3.